The summed E-state index contributed by atoms with van der Waals surface area (Å²) < 4.78 is 1.67. The average Bonchev–Trinajstić information content (AvgIpc) is 2.65. The number of hydrogen-bond acceptors (Lipinski definition) is 4. The molecule has 6 heteroatoms. The lowest BCUT2D eigenvalue weighted by molar-refractivity contribution is 0.0690. The number of aromatic nitrogens is 3. The van der Waals surface area contributed by atoms with Crippen molar-refractivity contribution in [3.63, 3.8) is 0 Å². The predicted octanol–water partition coefficient (Wildman–Crippen LogP) is 1.26. The van der Waals surface area contributed by atoms with Gasteiger partial charge in [0.2, 0.25) is 0 Å². The Balaban J connectivity index is 2.14. The molecule has 2 aromatic heterocycles. The van der Waals surface area contributed by atoms with Crippen molar-refractivity contribution in [2.24, 2.45) is 7.05 Å². The van der Waals surface area contributed by atoms with E-state index >= 15 is 0 Å². The minimum absolute atomic E-state index is 0.0248. The molecule has 82 valence electrons. The number of carboxylic acids is 1. The van der Waals surface area contributed by atoms with Crippen LogP contribution < -0.4 is 5.32 Å². The van der Waals surface area contributed by atoms with E-state index in [1.165, 1.54) is 12.3 Å². The van der Waals surface area contributed by atoms with Crippen LogP contribution in [-0.4, -0.2) is 25.8 Å². The Bertz CT molecular complexity index is 504. The zero-order valence-electron chi connectivity index (χ0n) is 8.58. The van der Waals surface area contributed by atoms with Gasteiger partial charge < -0.3 is 10.4 Å². The number of carbonyl (C=O) groups is 1. The number of nitrogens with one attached hydrogen (secondary N) is 1. The Kier molecular flexibility index (Phi) is 2.55. The van der Waals surface area contributed by atoms with Gasteiger partial charge in [-0.1, -0.05) is 0 Å². The second-order valence-corrected chi connectivity index (χ2v) is 3.26. The highest BCUT2D eigenvalue weighted by Crippen LogP contribution is 2.14. The molecule has 0 saturated carbocycles. The average molecular weight is 218 g/mol. The Morgan fingerprint density at radius 1 is 1.38 bits per heavy atom. The molecule has 6 nitrogen and oxygen atoms in total. The van der Waals surface area contributed by atoms with Crippen molar-refractivity contribution in [1.29, 1.82) is 0 Å². The zero-order valence-corrected chi connectivity index (χ0v) is 8.58. The summed E-state index contributed by atoms with van der Waals surface area (Å²) in [4.78, 5) is 14.4. The van der Waals surface area contributed by atoms with E-state index in [-0.39, 0.29) is 5.69 Å². The van der Waals surface area contributed by atoms with Crippen molar-refractivity contribution in [2.75, 3.05) is 5.32 Å². The molecule has 2 aromatic rings. The van der Waals surface area contributed by atoms with E-state index in [1.807, 2.05) is 13.2 Å². The van der Waals surface area contributed by atoms with E-state index < -0.39 is 5.97 Å². The van der Waals surface area contributed by atoms with Crippen LogP contribution in [0.4, 0.5) is 11.4 Å². The first-order valence-electron chi connectivity index (χ1n) is 4.60. The number of aromatic carboxylic acids is 1. The molecule has 0 atom stereocenters. The summed E-state index contributed by atoms with van der Waals surface area (Å²) in [7, 11) is 1.82. The smallest absolute Gasteiger partial charge is 0.354 e. The van der Waals surface area contributed by atoms with Crippen molar-refractivity contribution >= 4 is 17.3 Å². The molecule has 0 bridgehead atoms. The summed E-state index contributed by atoms with van der Waals surface area (Å²) in [6.07, 6.45) is 4.95. The normalized spacial score (nSPS) is 10.1. The van der Waals surface area contributed by atoms with Gasteiger partial charge in [0.15, 0.2) is 0 Å². The maximum absolute atomic E-state index is 10.6. The quantitative estimate of drug-likeness (QED) is 0.810. The van der Waals surface area contributed by atoms with Crippen LogP contribution in [0.15, 0.2) is 30.7 Å². The van der Waals surface area contributed by atoms with E-state index in [1.54, 1.807) is 16.9 Å². The predicted molar refractivity (Wildman–Crippen MR) is 57.7 cm³/mol. The molecule has 0 spiro atoms. The third kappa shape index (κ3) is 2.17. The minimum atomic E-state index is -1.03. The molecule has 0 unspecified atom stereocenters. The first-order chi connectivity index (χ1) is 7.65. The standard InChI is InChI=1S/C10H10N4O2/c1-14-6-8(5-12-14)13-7-2-3-9(10(15)16)11-4-7/h2-6,13H,1H3,(H,15,16). The van der Waals surface area contributed by atoms with Crippen LogP contribution in [0.25, 0.3) is 0 Å². The van der Waals surface area contributed by atoms with Gasteiger partial charge in [-0.15, -0.1) is 0 Å². The Morgan fingerprint density at radius 3 is 2.69 bits per heavy atom. The lowest BCUT2D eigenvalue weighted by Gasteiger charge is -2.02. The molecule has 0 radical (unpaired) electrons. The van der Waals surface area contributed by atoms with Gasteiger partial charge in [0.25, 0.3) is 0 Å². The van der Waals surface area contributed by atoms with Crippen LogP contribution in [0.3, 0.4) is 0 Å². The van der Waals surface area contributed by atoms with Gasteiger partial charge in [-0.25, -0.2) is 9.78 Å². The molecule has 16 heavy (non-hydrogen) atoms. The number of pyridine rings is 1. The van der Waals surface area contributed by atoms with Gasteiger partial charge in [0.05, 0.1) is 23.8 Å². The molecular formula is C10H10N4O2. The Morgan fingerprint density at radius 2 is 2.19 bits per heavy atom. The summed E-state index contributed by atoms with van der Waals surface area (Å²) in [6.45, 7) is 0. The number of aryl methyl sites for hydroxylation is 1. The third-order valence-corrected chi connectivity index (χ3v) is 1.98. The molecule has 0 aliphatic carbocycles. The van der Waals surface area contributed by atoms with Crippen molar-refractivity contribution < 1.29 is 9.90 Å². The molecule has 0 aromatic carbocycles. The van der Waals surface area contributed by atoms with Gasteiger partial charge in [-0.3, -0.25) is 4.68 Å². The van der Waals surface area contributed by atoms with Crippen molar-refractivity contribution in [3.05, 3.63) is 36.4 Å². The fourth-order valence-electron chi connectivity index (χ4n) is 1.25. The van der Waals surface area contributed by atoms with Crippen molar-refractivity contribution in [1.82, 2.24) is 14.8 Å². The van der Waals surface area contributed by atoms with Gasteiger partial charge in [0, 0.05) is 13.2 Å². The van der Waals surface area contributed by atoms with E-state index in [0.717, 1.165) is 11.4 Å². The lowest BCUT2D eigenvalue weighted by atomic mass is 10.3. The molecule has 2 heterocycles. The largest absolute Gasteiger partial charge is 0.477 e. The summed E-state index contributed by atoms with van der Waals surface area (Å²) in [5, 5.41) is 15.7. The monoisotopic (exact) mass is 218 g/mol. The third-order valence-electron chi connectivity index (χ3n) is 1.98. The molecular weight excluding hydrogens is 208 g/mol. The van der Waals surface area contributed by atoms with Crippen molar-refractivity contribution in [3.8, 4) is 0 Å². The van der Waals surface area contributed by atoms with Crippen LogP contribution >= 0.6 is 0 Å². The minimum Gasteiger partial charge on any atom is -0.477 e. The molecule has 0 aliphatic heterocycles. The summed E-state index contributed by atoms with van der Waals surface area (Å²) in [5.41, 5.74) is 1.57. The van der Waals surface area contributed by atoms with Crippen LogP contribution in [-0.2, 0) is 7.05 Å². The highest BCUT2D eigenvalue weighted by Gasteiger charge is 2.03. The number of rotatable bonds is 3. The number of hydrogen-bond donors (Lipinski definition) is 2. The highest BCUT2D eigenvalue weighted by atomic mass is 16.4. The molecule has 2 rings (SSSR count). The van der Waals surface area contributed by atoms with Crippen LogP contribution in [0.5, 0.6) is 0 Å². The lowest BCUT2D eigenvalue weighted by Crippen LogP contribution is -2.00. The topological polar surface area (TPSA) is 80.0 Å². The Labute approximate surface area is 91.6 Å². The van der Waals surface area contributed by atoms with Crippen molar-refractivity contribution in [2.45, 2.75) is 0 Å². The first kappa shape index (κ1) is 10.2. The van der Waals surface area contributed by atoms with E-state index in [2.05, 4.69) is 15.4 Å². The van der Waals surface area contributed by atoms with Crippen LogP contribution in [0.1, 0.15) is 10.5 Å². The van der Waals surface area contributed by atoms with E-state index in [0.29, 0.717) is 0 Å². The summed E-state index contributed by atoms with van der Waals surface area (Å²) in [5.74, 6) is -1.03. The second kappa shape index (κ2) is 4.01. The SMILES string of the molecule is Cn1cc(Nc2ccc(C(=O)O)nc2)cn1. The molecule has 0 saturated heterocycles. The number of nitrogens with zero attached hydrogens (tertiary/aromatic N) is 3. The summed E-state index contributed by atoms with van der Waals surface area (Å²) in [6, 6.07) is 3.10. The van der Waals surface area contributed by atoms with E-state index in [9.17, 15) is 4.79 Å². The highest BCUT2D eigenvalue weighted by molar-refractivity contribution is 5.85. The zero-order chi connectivity index (χ0) is 11.5. The maximum atomic E-state index is 10.6. The van der Waals surface area contributed by atoms with Gasteiger partial charge in [0.1, 0.15) is 5.69 Å². The molecule has 0 amide bonds. The van der Waals surface area contributed by atoms with E-state index in [4.69, 9.17) is 5.11 Å². The summed E-state index contributed by atoms with van der Waals surface area (Å²) >= 11 is 0. The molecule has 2 N–H and O–H groups in total. The van der Waals surface area contributed by atoms with Crippen LogP contribution in [0, 0.1) is 0 Å². The Hall–Kier alpha value is -2.37. The number of anilines is 2. The maximum Gasteiger partial charge on any atom is 0.354 e. The second-order valence-electron chi connectivity index (χ2n) is 3.26. The number of carboxylic acid groups (broad SMARTS) is 1. The fraction of sp³-hybridized carbons (Fsp3) is 0.100. The van der Waals surface area contributed by atoms with Gasteiger partial charge in [-0.2, -0.15) is 5.10 Å². The molecule has 0 aliphatic rings. The molecule has 0 fully saturated rings. The fourth-order valence-corrected chi connectivity index (χ4v) is 1.25. The van der Waals surface area contributed by atoms with Gasteiger partial charge in [-0.05, 0) is 12.1 Å². The first-order valence-corrected chi connectivity index (χ1v) is 4.60. The van der Waals surface area contributed by atoms with Gasteiger partial charge >= 0.3 is 5.97 Å². The van der Waals surface area contributed by atoms with Crippen LogP contribution in [0.2, 0.25) is 0 Å².